The van der Waals surface area contributed by atoms with Gasteiger partial charge in [-0.05, 0) is 118 Å². The van der Waals surface area contributed by atoms with Gasteiger partial charge in [0.25, 0.3) is 17.3 Å². The highest BCUT2D eigenvalue weighted by Crippen LogP contribution is 2.36. The molecule has 2 amide bonds. The molecule has 0 radical (unpaired) electrons. The van der Waals surface area contributed by atoms with Crippen LogP contribution in [0.3, 0.4) is 0 Å². The quantitative estimate of drug-likeness (QED) is 0.0750. The summed E-state index contributed by atoms with van der Waals surface area (Å²) < 4.78 is 30.2. The van der Waals surface area contributed by atoms with Gasteiger partial charge in [-0.1, -0.05) is 25.8 Å². The van der Waals surface area contributed by atoms with Gasteiger partial charge in [0.15, 0.2) is 11.5 Å². The molecule has 0 saturated heterocycles. The molecule has 0 spiro atoms. The summed E-state index contributed by atoms with van der Waals surface area (Å²) in [6.45, 7) is 21.4. The first kappa shape index (κ1) is 46.6. The molecule has 15 heteroatoms. The summed E-state index contributed by atoms with van der Waals surface area (Å²) in [6, 6.07) is 8.11. The van der Waals surface area contributed by atoms with Gasteiger partial charge in [-0.2, -0.15) is 4.90 Å². The first-order valence-corrected chi connectivity index (χ1v) is 20.1. The minimum atomic E-state index is -1.08. The predicted molar refractivity (Wildman–Crippen MR) is 227 cm³/mol. The van der Waals surface area contributed by atoms with Crippen LogP contribution in [0, 0.1) is 17.8 Å². The SMILES string of the molecule is CCCC#CC(C)n1cc(-c2cnc(N(C(=O)OC(C)(C)C)C(=O)OC(C)(C)C)c(-c3nnc(-c4ccc(CC(C)CCC(=O)OC(C)(C)C)cc4OC)o3)n2)ccc1=O. The molecular formula is C45H58N6O9. The average Bonchev–Trinajstić information content (AvgIpc) is 3.62. The van der Waals surface area contributed by atoms with Gasteiger partial charge in [0.05, 0.1) is 30.6 Å². The lowest BCUT2D eigenvalue weighted by Gasteiger charge is -2.28. The summed E-state index contributed by atoms with van der Waals surface area (Å²) >= 11 is 0. The molecule has 0 aliphatic heterocycles. The van der Waals surface area contributed by atoms with E-state index in [4.69, 9.17) is 28.3 Å². The number of anilines is 1. The Bertz CT molecular complexity index is 2250. The molecule has 2 atom stereocenters. The summed E-state index contributed by atoms with van der Waals surface area (Å²) in [5, 5.41) is 8.61. The minimum Gasteiger partial charge on any atom is -0.496 e. The van der Waals surface area contributed by atoms with Crippen LogP contribution < -0.4 is 15.2 Å². The molecule has 0 saturated carbocycles. The van der Waals surface area contributed by atoms with E-state index in [0.717, 1.165) is 12.0 Å². The monoisotopic (exact) mass is 826 g/mol. The van der Waals surface area contributed by atoms with Gasteiger partial charge < -0.3 is 27.9 Å². The maximum atomic E-state index is 13.8. The molecule has 322 valence electrons. The fraction of sp³-hybridized carbons (Fsp3) is 0.511. The van der Waals surface area contributed by atoms with Crippen molar-refractivity contribution >= 4 is 24.0 Å². The van der Waals surface area contributed by atoms with Crippen molar-refractivity contribution < 1.29 is 37.7 Å². The van der Waals surface area contributed by atoms with Gasteiger partial charge in [0.2, 0.25) is 0 Å². The van der Waals surface area contributed by atoms with E-state index >= 15 is 0 Å². The van der Waals surface area contributed by atoms with E-state index in [-0.39, 0.29) is 46.4 Å². The Kier molecular flexibility index (Phi) is 15.0. The van der Waals surface area contributed by atoms with Crippen molar-refractivity contribution in [1.82, 2.24) is 24.7 Å². The Morgan fingerprint density at radius 3 is 2.12 bits per heavy atom. The van der Waals surface area contributed by atoms with E-state index < -0.39 is 35.0 Å². The highest BCUT2D eigenvalue weighted by Gasteiger charge is 2.37. The molecule has 3 heterocycles. The van der Waals surface area contributed by atoms with Crippen LogP contribution in [0.4, 0.5) is 15.4 Å². The number of rotatable bonds is 12. The normalized spacial score (nSPS) is 12.8. The first-order chi connectivity index (χ1) is 28.0. The molecule has 1 aromatic carbocycles. The molecule has 15 nitrogen and oxygen atoms in total. The Balaban J connectivity index is 1.82. The summed E-state index contributed by atoms with van der Waals surface area (Å²) in [6.07, 6.45) is 4.01. The topological polar surface area (TPSA) is 178 Å². The molecule has 2 unspecified atom stereocenters. The molecule has 4 aromatic rings. The van der Waals surface area contributed by atoms with E-state index in [1.807, 2.05) is 46.8 Å². The number of pyridine rings is 1. The van der Waals surface area contributed by atoms with Gasteiger partial charge in [0, 0.05) is 30.7 Å². The standard InChI is InChI=1S/C45H58N6O9/c1-14-15-16-17-29(3)50-27-31(20-22-35(50)52)33-26-46-38(51(41(54)59-44(7,8)9)42(55)60-45(10,11)12)37(47-33)40-49-48-39(57-40)32-21-19-30(25-34(32)56-13)24-28(2)18-23-36(53)58-43(4,5)6/h19-22,25-29H,14-15,18,23-24H2,1-13H3. The van der Waals surface area contributed by atoms with Crippen molar-refractivity contribution in [2.75, 3.05) is 12.0 Å². The molecule has 60 heavy (non-hydrogen) atoms. The number of imide groups is 1. The number of hydrogen-bond donors (Lipinski definition) is 0. The smallest absolute Gasteiger partial charge is 0.425 e. The molecule has 0 bridgehead atoms. The number of aromatic nitrogens is 5. The number of ether oxygens (including phenoxy) is 4. The largest absolute Gasteiger partial charge is 0.496 e. The molecule has 0 N–H and O–H groups in total. The van der Waals surface area contributed by atoms with Crippen LogP contribution in [0.2, 0.25) is 0 Å². The predicted octanol–water partition coefficient (Wildman–Crippen LogP) is 9.37. The third-order valence-electron chi connectivity index (χ3n) is 8.42. The molecule has 0 fully saturated rings. The summed E-state index contributed by atoms with van der Waals surface area (Å²) in [5.41, 5.74) is -0.800. The summed E-state index contributed by atoms with van der Waals surface area (Å²) in [5.74, 6) is 6.14. The fourth-order valence-electron chi connectivity index (χ4n) is 5.79. The Labute approximate surface area is 352 Å². The fourth-order valence-corrected chi connectivity index (χ4v) is 5.79. The highest BCUT2D eigenvalue weighted by atomic mass is 16.6. The van der Waals surface area contributed by atoms with Crippen molar-refractivity contribution in [3.63, 3.8) is 0 Å². The number of carbonyl (C=O) groups excluding carboxylic acids is 3. The second-order valence-electron chi connectivity index (χ2n) is 17.5. The van der Waals surface area contributed by atoms with Crippen LogP contribution in [0.5, 0.6) is 5.75 Å². The lowest BCUT2D eigenvalue weighted by Crippen LogP contribution is -2.44. The second kappa shape index (κ2) is 19.4. The van der Waals surface area contributed by atoms with Crippen LogP contribution in [0.15, 0.2) is 51.9 Å². The number of hydrogen-bond acceptors (Lipinski definition) is 13. The zero-order valence-corrected chi connectivity index (χ0v) is 37.1. The lowest BCUT2D eigenvalue weighted by molar-refractivity contribution is -0.155. The van der Waals surface area contributed by atoms with Crippen LogP contribution in [-0.4, -0.2) is 66.8 Å². The molecule has 0 aliphatic rings. The van der Waals surface area contributed by atoms with Gasteiger partial charge >= 0.3 is 18.2 Å². The van der Waals surface area contributed by atoms with E-state index in [0.29, 0.717) is 47.5 Å². The van der Waals surface area contributed by atoms with Crippen molar-refractivity contribution in [2.24, 2.45) is 5.92 Å². The van der Waals surface area contributed by atoms with Gasteiger partial charge in [-0.3, -0.25) is 9.59 Å². The van der Waals surface area contributed by atoms with Gasteiger partial charge in [-0.25, -0.2) is 19.6 Å². The van der Waals surface area contributed by atoms with Crippen molar-refractivity contribution in [3.05, 3.63) is 58.6 Å². The van der Waals surface area contributed by atoms with Crippen LogP contribution >= 0.6 is 0 Å². The zero-order valence-electron chi connectivity index (χ0n) is 37.1. The maximum absolute atomic E-state index is 13.8. The Morgan fingerprint density at radius 1 is 0.883 bits per heavy atom. The molecular weight excluding hydrogens is 769 g/mol. The summed E-state index contributed by atoms with van der Waals surface area (Å²) in [4.78, 5) is 62.9. The summed E-state index contributed by atoms with van der Waals surface area (Å²) in [7, 11) is 1.52. The molecule has 3 aromatic heterocycles. The number of benzene rings is 1. The molecule has 0 aliphatic carbocycles. The Morgan fingerprint density at radius 2 is 1.52 bits per heavy atom. The number of unbranched alkanes of at least 4 members (excludes halogenated alkanes) is 1. The Hall–Kier alpha value is -6.04. The van der Waals surface area contributed by atoms with E-state index in [1.165, 1.54) is 23.9 Å². The van der Waals surface area contributed by atoms with Gasteiger partial charge in [0.1, 0.15) is 22.6 Å². The van der Waals surface area contributed by atoms with Crippen molar-refractivity contribution in [1.29, 1.82) is 0 Å². The number of nitrogens with zero attached hydrogens (tertiary/aromatic N) is 6. The minimum absolute atomic E-state index is 0.0543. The third kappa shape index (κ3) is 13.2. The molecule has 4 rings (SSSR count). The van der Waals surface area contributed by atoms with Crippen molar-refractivity contribution in [3.8, 4) is 51.9 Å². The van der Waals surface area contributed by atoms with E-state index in [1.54, 1.807) is 59.9 Å². The van der Waals surface area contributed by atoms with E-state index in [9.17, 15) is 19.2 Å². The third-order valence-corrected chi connectivity index (χ3v) is 8.42. The zero-order chi connectivity index (χ0) is 44.6. The highest BCUT2D eigenvalue weighted by molar-refractivity contribution is 6.10. The van der Waals surface area contributed by atoms with E-state index in [2.05, 4.69) is 33.9 Å². The van der Waals surface area contributed by atoms with Crippen LogP contribution in [0.25, 0.3) is 34.3 Å². The number of methoxy groups -OCH3 is 1. The first-order valence-electron chi connectivity index (χ1n) is 20.1. The number of amides is 2. The van der Waals surface area contributed by atoms with Crippen molar-refractivity contribution in [2.45, 2.75) is 138 Å². The maximum Gasteiger partial charge on any atom is 0.425 e. The second-order valence-corrected chi connectivity index (χ2v) is 17.5. The number of esters is 1. The number of carbonyl (C=O) groups is 3. The average molecular weight is 827 g/mol. The van der Waals surface area contributed by atoms with Crippen LogP contribution in [0.1, 0.15) is 120 Å². The van der Waals surface area contributed by atoms with Crippen LogP contribution in [-0.2, 0) is 25.4 Å². The van der Waals surface area contributed by atoms with Gasteiger partial charge in [-0.15, -0.1) is 16.1 Å². The lowest BCUT2D eigenvalue weighted by atomic mass is 9.95.